The zero-order valence-corrected chi connectivity index (χ0v) is 15.5. The lowest BCUT2D eigenvalue weighted by molar-refractivity contribution is -0.132. The van der Waals surface area contributed by atoms with E-state index in [0.29, 0.717) is 31.7 Å². The first kappa shape index (κ1) is 18.5. The fraction of sp³-hybridized carbons (Fsp3) is 0.421. The van der Waals surface area contributed by atoms with E-state index in [-0.39, 0.29) is 17.9 Å². The molecule has 3 N–H and O–H groups in total. The van der Waals surface area contributed by atoms with Crippen molar-refractivity contribution in [3.63, 3.8) is 0 Å². The van der Waals surface area contributed by atoms with Crippen molar-refractivity contribution in [2.45, 2.75) is 38.3 Å². The van der Waals surface area contributed by atoms with Crippen LogP contribution in [0.4, 0.5) is 0 Å². The van der Waals surface area contributed by atoms with E-state index in [1.54, 1.807) is 5.38 Å². The Morgan fingerprint density at radius 3 is 2.62 bits per heavy atom. The maximum Gasteiger partial charge on any atom is 0.270 e. The zero-order chi connectivity index (χ0) is 18.4. The molecule has 0 spiro atoms. The Balaban J connectivity index is 1.42. The molecule has 2 aromatic rings. The summed E-state index contributed by atoms with van der Waals surface area (Å²) in [6.45, 7) is 1.72. The Labute approximate surface area is 157 Å². The van der Waals surface area contributed by atoms with Crippen LogP contribution >= 0.6 is 11.3 Å². The Kier molecular flexibility index (Phi) is 6.35. The second-order valence-corrected chi connectivity index (χ2v) is 7.39. The Morgan fingerprint density at radius 1 is 1.23 bits per heavy atom. The lowest BCUT2D eigenvalue weighted by atomic mass is 10.0. The summed E-state index contributed by atoms with van der Waals surface area (Å²) in [5, 5.41) is 5.51. The van der Waals surface area contributed by atoms with Gasteiger partial charge in [0.1, 0.15) is 10.7 Å². The molecule has 1 fully saturated rings. The normalized spacial score (nSPS) is 15.0. The van der Waals surface area contributed by atoms with Crippen molar-refractivity contribution >= 4 is 23.2 Å². The van der Waals surface area contributed by atoms with Gasteiger partial charge in [-0.15, -0.1) is 11.3 Å². The molecule has 6 nitrogen and oxygen atoms in total. The molecule has 1 aromatic heterocycles. The number of thiazole rings is 1. The summed E-state index contributed by atoms with van der Waals surface area (Å²) in [6, 6.07) is 10.1. The van der Waals surface area contributed by atoms with E-state index < -0.39 is 0 Å². The number of hydrogen-bond donors (Lipinski definition) is 2. The Morgan fingerprint density at radius 2 is 1.96 bits per heavy atom. The lowest BCUT2D eigenvalue weighted by Gasteiger charge is -2.32. The van der Waals surface area contributed by atoms with E-state index in [2.05, 4.69) is 10.3 Å². The molecule has 1 saturated heterocycles. The van der Waals surface area contributed by atoms with Gasteiger partial charge < -0.3 is 16.0 Å². The topological polar surface area (TPSA) is 88.3 Å². The second kappa shape index (κ2) is 8.91. The molecule has 138 valence electrons. The number of carbonyl (C=O) groups excluding carboxylic acids is 2. The van der Waals surface area contributed by atoms with E-state index >= 15 is 0 Å². The van der Waals surface area contributed by atoms with E-state index in [1.807, 2.05) is 35.2 Å². The minimum atomic E-state index is -0.158. The summed E-state index contributed by atoms with van der Waals surface area (Å²) in [7, 11) is 0. The molecule has 0 radical (unpaired) electrons. The molecule has 0 unspecified atom stereocenters. The number of nitrogens with zero attached hydrogens (tertiary/aromatic N) is 2. The number of hydrogen-bond acceptors (Lipinski definition) is 5. The van der Waals surface area contributed by atoms with Crippen molar-refractivity contribution in [2.24, 2.45) is 5.73 Å². The van der Waals surface area contributed by atoms with Crippen LogP contribution in [0.5, 0.6) is 0 Å². The van der Waals surface area contributed by atoms with Crippen molar-refractivity contribution in [1.29, 1.82) is 0 Å². The van der Waals surface area contributed by atoms with Gasteiger partial charge in [0.05, 0.1) is 0 Å². The highest BCUT2D eigenvalue weighted by Gasteiger charge is 2.24. The highest BCUT2D eigenvalue weighted by molar-refractivity contribution is 7.09. The summed E-state index contributed by atoms with van der Waals surface area (Å²) in [5.41, 5.74) is 7.14. The molecule has 2 amide bonds. The molecule has 0 saturated carbocycles. The number of carbonyl (C=O) groups is 2. The molecule has 1 aliphatic heterocycles. The second-order valence-electron chi connectivity index (χ2n) is 6.44. The van der Waals surface area contributed by atoms with Gasteiger partial charge in [0, 0.05) is 37.5 Å². The number of nitrogens with two attached hydrogens (primary N) is 1. The Hall–Kier alpha value is -2.25. The molecular weight excluding hydrogens is 348 g/mol. The fourth-order valence-electron chi connectivity index (χ4n) is 3.10. The lowest BCUT2D eigenvalue weighted by Crippen LogP contribution is -2.46. The van der Waals surface area contributed by atoms with Crippen LogP contribution in [0.2, 0.25) is 0 Å². The van der Waals surface area contributed by atoms with Crippen molar-refractivity contribution in [2.75, 3.05) is 13.1 Å². The van der Waals surface area contributed by atoms with Gasteiger partial charge >= 0.3 is 0 Å². The average Bonchev–Trinajstić information content (AvgIpc) is 3.17. The van der Waals surface area contributed by atoms with Crippen LogP contribution in [-0.2, 0) is 17.8 Å². The maximum absolute atomic E-state index is 12.4. The highest BCUT2D eigenvalue weighted by atomic mass is 32.1. The number of benzene rings is 1. The average molecular weight is 372 g/mol. The van der Waals surface area contributed by atoms with Gasteiger partial charge in [0.15, 0.2) is 0 Å². The van der Waals surface area contributed by atoms with Crippen LogP contribution in [-0.4, -0.2) is 40.8 Å². The standard InChI is InChI=1S/C19H24N4O2S/c20-12-17-22-16(13-26-17)19(25)21-15-8-10-23(11-9-15)18(24)7-6-14-4-2-1-3-5-14/h1-5,13,15H,6-12,20H2,(H,21,25). The first-order valence-electron chi connectivity index (χ1n) is 8.92. The SMILES string of the molecule is NCc1nc(C(=O)NC2CCN(C(=O)CCc3ccccc3)CC2)cs1. The monoisotopic (exact) mass is 372 g/mol. The van der Waals surface area contributed by atoms with Crippen molar-refractivity contribution in [3.8, 4) is 0 Å². The molecule has 7 heteroatoms. The van der Waals surface area contributed by atoms with Gasteiger partial charge in [-0.1, -0.05) is 30.3 Å². The fourth-order valence-corrected chi connectivity index (χ4v) is 3.75. The predicted octanol–water partition coefficient (Wildman–Crippen LogP) is 1.96. The summed E-state index contributed by atoms with van der Waals surface area (Å²) in [5.74, 6) is 0.0283. The van der Waals surface area contributed by atoms with Crippen LogP contribution < -0.4 is 11.1 Å². The van der Waals surface area contributed by atoms with Crippen molar-refractivity contribution in [1.82, 2.24) is 15.2 Å². The molecule has 26 heavy (non-hydrogen) atoms. The summed E-state index contributed by atoms with van der Waals surface area (Å²) >= 11 is 1.40. The van der Waals surface area contributed by atoms with E-state index in [9.17, 15) is 9.59 Å². The minimum absolute atomic E-state index is 0.0868. The number of rotatable bonds is 6. The van der Waals surface area contributed by atoms with Crippen LogP contribution in [0, 0.1) is 0 Å². The molecule has 1 aromatic carbocycles. The quantitative estimate of drug-likeness (QED) is 0.811. The van der Waals surface area contributed by atoms with Gasteiger partial charge in [-0.05, 0) is 24.8 Å². The summed E-state index contributed by atoms with van der Waals surface area (Å²) in [4.78, 5) is 30.7. The van der Waals surface area contributed by atoms with Crippen molar-refractivity contribution in [3.05, 3.63) is 52.0 Å². The van der Waals surface area contributed by atoms with Crippen LogP contribution in [0.15, 0.2) is 35.7 Å². The van der Waals surface area contributed by atoms with Gasteiger partial charge in [-0.3, -0.25) is 9.59 Å². The van der Waals surface area contributed by atoms with E-state index in [1.165, 1.54) is 16.9 Å². The Bertz CT molecular complexity index is 739. The van der Waals surface area contributed by atoms with Crippen LogP contribution in [0.3, 0.4) is 0 Å². The number of nitrogens with one attached hydrogen (secondary N) is 1. The molecule has 0 bridgehead atoms. The van der Waals surface area contributed by atoms with E-state index in [4.69, 9.17) is 5.73 Å². The smallest absolute Gasteiger partial charge is 0.270 e. The number of aromatic nitrogens is 1. The predicted molar refractivity (Wildman–Crippen MR) is 102 cm³/mol. The summed E-state index contributed by atoms with van der Waals surface area (Å²) < 4.78 is 0. The minimum Gasteiger partial charge on any atom is -0.348 e. The molecule has 3 rings (SSSR count). The zero-order valence-electron chi connectivity index (χ0n) is 14.7. The number of aryl methyl sites for hydroxylation is 1. The molecule has 0 atom stereocenters. The van der Waals surface area contributed by atoms with Gasteiger partial charge in [0.25, 0.3) is 5.91 Å². The maximum atomic E-state index is 12.4. The van der Waals surface area contributed by atoms with Gasteiger partial charge in [0.2, 0.25) is 5.91 Å². The van der Waals surface area contributed by atoms with Crippen molar-refractivity contribution < 1.29 is 9.59 Å². The number of piperidine rings is 1. The molecular formula is C19H24N4O2S. The number of likely N-dealkylation sites (tertiary alicyclic amines) is 1. The summed E-state index contributed by atoms with van der Waals surface area (Å²) in [6.07, 6.45) is 2.85. The molecule has 1 aliphatic rings. The molecule has 2 heterocycles. The third-order valence-corrected chi connectivity index (χ3v) is 5.48. The highest BCUT2D eigenvalue weighted by Crippen LogP contribution is 2.15. The third kappa shape index (κ3) is 4.89. The first-order chi connectivity index (χ1) is 12.7. The van der Waals surface area contributed by atoms with Gasteiger partial charge in [-0.2, -0.15) is 0 Å². The van der Waals surface area contributed by atoms with E-state index in [0.717, 1.165) is 24.3 Å². The third-order valence-electron chi connectivity index (χ3n) is 4.61. The first-order valence-corrected chi connectivity index (χ1v) is 9.80. The van der Waals surface area contributed by atoms with Gasteiger partial charge in [-0.25, -0.2) is 4.98 Å². The van der Waals surface area contributed by atoms with Crippen LogP contribution in [0.25, 0.3) is 0 Å². The number of amides is 2. The molecule has 0 aliphatic carbocycles. The van der Waals surface area contributed by atoms with Crippen LogP contribution in [0.1, 0.15) is 40.3 Å². The largest absolute Gasteiger partial charge is 0.348 e.